The summed E-state index contributed by atoms with van der Waals surface area (Å²) in [6.45, 7) is 3.70. The lowest BCUT2D eigenvalue weighted by atomic mass is 10.2. The molecule has 0 aliphatic carbocycles. The first-order chi connectivity index (χ1) is 9.97. The number of aryl methyl sites for hydroxylation is 2. The maximum Gasteiger partial charge on any atom is 0.305 e. The Morgan fingerprint density at radius 3 is 2.43 bits per heavy atom. The maximum absolute atomic E-state index is 12.5. The first-order valence-electron chi connectivity index (χ1n) is 6.51. The molecular formula is C15H16N2O4. The number of hydrogen-bond acceptors (Lipinski definition) is 4. The highest BCUT2D eigenvalue weighted by Gasteiger charge is 2.21. The van der Waals surface area contributed by atoms with E-state index in [0.717, 1.165) is 5.56 Å². The fourth-order valence-corrected chi connectivity index (χ4v) is 1.89. The Hall–Kier alpha value is -2.63. The second-order valence-electron chi connectivity index (χ2n) is 4.76. The van der Waals surface area contributed by atoms with Crippen molar-refractivity contribution in [1.82, 2.24) is 5.16 Å². The van der Waals surface area contributed by atoms with Crippen LogP contribution in [0.4, 0.5) is 5.69 Å². The van der Waals surface area contributed by atoms with Gasteiger partial charge in [0.25, 0.3) is 5.91 Å². The quantitative estimate of drug-likeness (QED) is 0.913. The van der Waals surface area contributed by atoms with Gasteiger partial charge in [-0.3, -0.25) is 9.59 Å². The van der Waals surface area contributed by atoms with Crippen LogP contribution >= 0.6 is 0 Å². The normalized spacial score (nSPS) is 10.4. The molecule has 1 aromatic heterocycles. The first kappa shape index (κ1) is 14.8. The summed E-state index contributed by atoms with van der Waals surface area (Å²) < 4.78 is 4.90. The van der Waals surface area contributed by atoms with E-state index in [1.807, 2.05) is 19.1 Å². The lowest BCUT2D eigenvalue weighted by Crippen LogP contribution is -2.33. The molecule has 0 saturated carbocycles. The van der Waals surface area contributed by atoms with Crippen LogP contribution in [-0.4, -0.2) is 28.7 Å². The van der Waals surface area contributed by atoms with Gasteiger partial charge in [0, 0.05) is 18.3 Å². The van der Waals surface area contributed by atoms with Crippen molar-refractivity contribution in [2.75, 3.05) is 11.4 Å². The van der Waals surface area contributed by atoms with Crippen LogP contribution in [0, 0.1) is 13.8 Å². The van der Waals surface area contributed by atoms with Gasteiger partial charge in [0.2, 0.25) is 0 Å². The number of rotatable bonds is 5. The van der Waals surface area contributed by atoms with Crippen LogP contribution in [-0.2, 0) is 4.79 Å². The third-order valence-corrected chi connectivity index (χ3v) is 2.99. The van der Waals surface area contributed by atoms with Crippen molar-refractivity contribution in [2.45, 2.75) is 20.3 Å². The molecule has 0 radical (unpaired) electrons. The van der Waals surface area contributed by atoms with Crippen molar-refractivity contribution >= 4 is 17.6 Å². The second kappa shape index (κ2) is 6.21. The van der Waals surface area contributed by atoms with Crippen molar-refractivity contribution in [3.05, 3.63) is 47.3 Å². The summed E-state index contributed by atoms with van der Waals surface area (Å²) in [6, 6.07) is 8.82. The van der Waals surface area contributed by atoms with Gasteiger partial charge in [-0.2, -0.15) is 0 Å². The van der Waals surface area contributed by atoms with E-state index in [4.69, 9.17) is 9.63 Å². The SMILES string of the molecule is Cc1ccc(N(CCC(=O)O)C(=O)c2cc(C)on2)cc1. The predicted octanol–water partition coefficient (Wildman–Crippen LogP) is 2.41. The highest BCUT2D eigenvalue weighted by atomic mass is 16.5. The second-order valence-corrected chi connectivity index (χ2v) is 4.76. The minimum absolute atomic E-state index is 0.0726. The van der Waals surface area contributed by atoms with E-state index in [0.29, 0.717) is 11.4 Å². The number of benzene rings is 1. The Morgan fingerprint density at radius 1 is 1.24 bits per heavy atom. The van der Waals surface area contributed by atoms with E-state index in [1.165, 1.54) is 11.0 Å². The molecule has 1 aromatic carbocycles. The summed E-state index contributed by atoms with van der Waals surface area (Å²) in [5, 5.41) is 12.5. The van der Waals surface area contributed by atoms with Crippen LogP contribution in [0.2, 0.25) is 0 Å². The van der Waals surface area contributed by atoms with Gasteiger partial charge in [0.1, 0.15) is 5.76 Å². The van der Waals surface area contributed by atoms with E-state index in [2.05, 4.69) is 5.16 Å². The number of hydrogen-bond donors (Lipinski definition) is 1. The lowest BCUT2D eigenvalue weighted by molar-refractivity contribution is -0.136. The van der Waals surface area contributed by atoms with Crippen LogP contribution in [0.5, 0.6) is 0 Å². The summed E-state index contributed by atoms with van der Waals surface area (Å²) in [4.78, 5) is 24.6. The van der Waals surface area contributed by atoms with Crippen LogP contribution in [0.1, 0.15) is 28.2 Å². The molecule has 6 nitrogen and oxygen atoms in total. The van der Waals surface area contributed by atoms with Gasteiger partial charge in [-0.25, -0.2) is 0 Å². The lowest BCUT2D eigenvalue weighted by Gasteiger charge is -2.21. The Bertz CT molecular complexity index is 646. The Labute approximate surface area is 122 Å². The van der Waals surface area contributed by atoms with Gasteiger partial charge in [-0.15, -0.1) is 0 Å². The Morgan fingerprint density at radius 2 is 1.90 bits per heavy atom. The molecule has 0 atom stereocenters. The van der Waals surface area contributed by atoms with Gasteiger partial charge in [0.05, 0.1) is 6.42 Å². The maximum atomic E-state index is 12.5. The number of carboxylic acid groups (broad SMARTS) is 1. The van der Waals surface area contributed by atoms with Crippen molar-refractivity contribution in [1.29, 1.82) is 0 Å². The van der Waals surface area contributed by atoms with Crippen molar-refractivity contribution in [3.8, 4) is 0 Å². The first-order valence-corrected chi connectivity index (χ1v) is 6.51. The zero-order valence-electron chi connectivity index (χ0n) is 11.9. The summed E-state index contributed by atoms with van der Waals surface area (Å²) in [7, 11) is 0. The number of carbonyl (C=O) groups excluding carboxylic acids is 1. The summed E-state index contributed by atoms with van der Waals surface area (Å²) in [6.07, 6.45) is -0.142. The molecule has 6 heteroatoms. The van der Waals surface area contributed by atoms with Gasteiger partial charge in [0.15, 0.2) is 5.69 Å². The topological polar surface area (TPSA) is 83.6 Å². The molecule has 110 valence electrons. The molecule has 0 fully saturated rings. The molecule has 21 heavy (non-hydrogen) atoms. The van der Waals surface area contributed by atoms with E-state index in [-0.39, 0.29) is 24.6 Å². The molecule has 0 unspecified atom stereocenters. The zero-order valence-corrected chi connectivity index (χ0v) is 11.9. The fraction of sp³-hybridized carbons (Fsp3) is 0.267. The van der Waals surface area contributed by atoms with E-state index >= 15 is 0 Å². The average Bonchev–Trinajstić information content (AvgIpc) is 2.87. The highest BCUT2D eigenvalue weighted by Crippen LogP contribution is 2.18. The summed E-state index contributed by atoms with van der Waals surface area (Å²) >= 11 is 0. The van der Waals surface area contributed by atoms with Crippen LogP contribution in [0.25, 0.3) is 0 Å². The monoisotopic (exact) mass is 288 g/mol. The minimum Gasteiger partial charge on any atom is -0.481 e. The third-order valence-electron chi connectivity index (χ3n) is 2.99. The van der Waals surface area contributed by atoms with E-state index in [9.17, 15) is 9.59 Å². The average molecular weight is 288 g/mol. The number of amides is 1. The van der Waals surface area contributed by atoms with Crippen LogP contribution in [0.3, 0.4) is 0 Å². The van der Waals surface area contributed by atoms with Gasteiger partial charge < -0.3 is 14.5 Å². The third kappa shape index (κ3) is 3.68. The standard InChI is InChI=1S/C15H16N2O4/c1-10-3-5-12(6-4-10)17(8-7-14(18)19)15(20)13-9-11(2)21-16-13/h3-6,9H,7-8H2,1-2H3,(H,18,19). The summed E-state index contributed by atoms with van der Waals surface area (Å²) in [5.74, 6) is -0.811. The van der Waals surface area contributed by atoms with Crippen LogP contribution in [0.15, 0.2) is 34.9 Å². The largest absolute Gasteiger partial charge is 0.481 e. The predicted molar refractivity (Wildman–Crippen MR) is 76.3 cm³/mol. The number of anilines is 1. The highest BCUT2D eigenvalue weighted by molar-refractivity contribution is 6.05. The zero-order chi connectivity index (χ0) is 15.4. The van der Waals surface area contributed by atoms with E-state index in [1.54, 1.807) is 19.1 Å². The molecule has 0 spiro atoms. The number of aliphatic carboxylic acids is 1. The summed E-state index contributed by atoms with van der Waals surface area (Å²) in [5.41, 5.74) is 1.85. The molecule has 2 rings (SSSR count). The molecule has 0 aliphatic heterocycles. The fourth-order valence-electron chi connectivity index (χ4n) is 1.89. The van der Waals surface area contributed by atoms with Crippen LogP contribution < -0.4 is 4.90 Å². The van der Waals surface area contributed by atoms with Gasteiger partial charge >= 0.3 is 5.97 Å². The molecule has 0 bridgehead atoms. The van der Waals surface area contributed by atoms with E-state index < -0.39 is 5.97 Å². The number of aromatic nitrogens is 1. The molecular weight excluding hydrogens is 272 g/mol. The number of carbonyl (C=O) groups is 2. The Kier molecular flexibility index (Phi) is 4.37. The minimum atomic E-state index is -0.962. The molecule has 0 saturated heterocycles. The molecule has 1 amide bonds. The smallest absolute Gasteiger partial charge is 0.305 e. The van der Waals surface area contributed by atoms with Gasteiger partial charge in [-0.1, -0.05) is 22.9 Å². The number of carboxylic acids is 1. The Balaban J connectivity index is 2.28. The van der Waals surface area contributed by atoms with Gasteiger partial charge in [-0.05, 0) is 26.0 Å². The molecule has 1 N–H and O–H groups in total. The van der Waals surface area contributed by atoms with Crippen molar-refractivity contribution < 1.29 is 19.2 Å². The molecule has 1 heterocycles. The van der Waals surface area contributed by atoms with Crippen molar-refractivity contribution in [2.24, 2.45) is 0 Å². The number of nitrogens with zero attached hydrogens (tertiary/aromatic N) is 2. The molecule has 2 aromatic rings. The molecule has 0 aliphatic rings. The van der Waals surface area contributed by atoms with Crippen molar-refractivity contribution in [3.63, 3.8) is 0 Å².